The summed E-state index contributed by atoms with van der Waals surface area (Å²) >= 11 is 3.41. The Labute approximate surface area is 121 Å². The van der Waals surface area contributed by atoms with E-state index >= 15 is 0 Å². The average Bonchev–Trinajstić information content (AvgIpc) is 2.34. The highest BCUT2D eigenvalue weighted by molar-refractivity contribution is 9.10. The molecule has 0 aliphatic heterocycles. The number of primary amides is 1. The van der Waals surface area contributed by atoms with Crippen molar-refractivity contribution in [3.05, 3.63) is 22.2 Å². The van der Waals surface area contributed by atoms with Crippen LogP contribution in [-0.2, 0) is 11.3 Å². The summed E-state index contributed by atoms with van der Waals surface area (Å²) in [5.41, 5.74) is 6.12. The molecule has 0 aromatic heterocycles. The number of rotatable bonds is 7. The average molecular weight is 331 g/mol. The fourth-order valence-corrected chi connectivity index (χ4v) is 2.08. The Bertz CT molecular complexity index is 450. The number of benzene rings is 1. The van der Waals surface area contributed by atoms with Gasteiger partial charge in [-0.1, -0.05) is 13.8 Å². The van der Waals surface area contributed by atoms with Crippen molar-refractivity contribution in [2.75, 3.05) is 13.7 Å². The predicted molar refractivity (Wildman–Crippen MR) is 77.4 cm³/mol. The van der Waals surface area contributed by atoms with E-state index < -0.39 is 5.91 Å². The van der Waals surface area contributed by atoms with Gasteiger partial charge < -0.3 is 20.5 Å². The topological polar surface area (TPSA) is 73.6 Å². The van der Waals surface area contributed by atoms with E-state index in [4.69, 9.17) is 15.2 Å². The zero-order valence-electron chi connectivity index (χ0n) is 11.3. The van der Waals surface area contributed by atoms with Crippen molar-refractivity contribution in [3.8, 4) is 11.5 Å². The second kappa shape index (κ2) is 7.35. The number of hydrogen-bond acceptors (Lipinski definition) is 4. The van der Waals surface area contributed by atoms with Crippen LogP contribution < -0.4 is 20.5 Å². The molecule has 1 aromatic carbocycles. The summed E-state index contributed by atoms with van der Waals surface area (Å²) in [6.45, 7) is 4.70. The van der Waals surface area contributed by atoms with E-state index in [1.165, 1.54) is 0 Å². The van der Waals surface area contributed by atoms with Crippen molar-refractivity contribution >= 4 is 21.8 Å². The van der Waals surface area contributed by atoms with E-state index in [-0.39, 0.29) is 6.61 Å². The first-order valence-electron chi connectivity index (χ1n) is 5.95. The molecule has 19 heavy (non-hydrogen) atoms. The first-order chi connectivity index (χ1) is 8.93. The first-order valence-corrected chi connectivity index (χ1v) is 6.74. The molecule has 0 bridgehead atoms. The maximum absolute atomic E-state index is 10.8. The van der Waals surface area contributed by atoms with Gasteiger partial charge in [0.05, 0.1) is 11.6 Å². The van der Waals surface area contributed by atoms with Crippen LogP contribution in [0.1, 0.15) is 19.4 Å². The maximum atomic E-state index is 10.8. The lowest BCUT2D eigenvalue weighted by molar-refractivity contribution is -0.119. The maximum Gasteiger partial charge on any atom is 0.255 e. The minimum Gasteiger partial charge on any atom is -0.493 e. The SMILES string of the molecule is COc1cc(CNC(C)C)cc(Br)c1OCC(N)=O. The number of hydrogen-bond donors (Lipinski definition) is 2. The van der Waals surface area contributed by atoms with E-state index in [1.807, 2.05) is 12.1 Å². The fourth-order valence-electron chi connectivity index (χ4n) is 1.48. The molecule has 1 aromatic rings. The van der Waals surface area contributed by atoms with Crippen LogP contribution in [0.15, 0.2) is 16.6 Å². The smallest absolute Gasteiger partial charge is 0.255 e. The molecule has 0 aliphatic rings. The van der Waals surface area contributed by atoms with Gasteiger partial charge >= 0.3 is 0 Å². The van der Waals surface area contributed by atoms with E-state index in [1.54, 1.807) is 7.11 Å². The largest absolute Gasteiger partial charge is 0.493 e. The van der Waals surface area contributed by atoms with E-state index in [9.17, 15) is 4.79 Å². The van der Waals surface area contributed by atoms with E-state index in [0.717, 1.165) is 16.6 Å². The van der Waals surface area contributed by atoms with Gasteiger partial charge in [0.1, 0.15) is 0 Å². The highest BCUT2D eigenvalue weighted by Crippen LogP contribution is 2.36. The standard InChI is InChI=1S/C13H19BrN2O3/c1-8(2)16-6-9-4-10(14)13(11(5-9)18-3)19-7-12(15)17/h4-5,8,16H,6-7H2,1-3H3,(H2,15,17). The van der Waals surface area contributed by atoms with Crippen molar-refractivity contribution in [2.45, 2.75) is 26.4 Å². The molecule has 0 unspecified atom stereocenters. The summed E-state index contributed by atoms with van der Waals surface area (Å²) in [4.78, 5) is 10.8. The highest BCUT2D eigenvalue weighted by Gasteiger charge is 2.12. The predicted octanol–water partition coefficient (Wildman–Crippen LogP) is 1.82. The molecule has 5 nitrogen and oxygen atoms in total. The van der Waals surface area contributed by atoms with Gasteiger partial charge in [-0.05, 0) is 33.6 Å². The first kappa shape index (κ1) is 15.8. The third-order valence-electron chi connectivity index (χ3n) is 2.36. The van der Waals surface area contributed by atoms with Crippen LogP contribution in [0.3, 0.4) is 0 Å². The number of ether oxygens (including phenoxy) is 2. The number of methoxy groups -OCH3 is 1. The van der Waals surface area contributed by atoms with Gasteiger partial charge in [-0.25, -0.2) is 0 Å². The lowest BCUT2D eigenvalue weighted by atomic mass is 10.2. The second-order valence-corrected chi connectivity index (χ2v) is 5.25. The van der Waals surface area contributed by atoms with Gasteiger partial charge in [-0.2, -0.15) is 0 Å². The molecule has 0 radical (unpaired) electrons. The third kappa shape index (κ3) is 5.08. The van der Waals surface area contributed by atoms with Crippen LogP contribution in [0.2, 0.25) is 0 Å². The summed E-state index contributed by atoms with van der Waals surface area (Å²) < 4.78 is 11.3. The number of nitrogens with one attached hydrogen (secondary N) is 1. The number of halogens is 1. The summed E-state index contributed by atoms with van der Waals surface area (Å²) in [6.07, 6.45) is 0. The molecule has 0 saturated carbocycles. The van der Waals surface area contributed by atoms with Crippen molar-refractivity contribution in [1.82, 2.24) is 5.32 Å². The van der Waals surface area contributed by atoms with Crippen LogP contribution in [0.5, 0.6) is 11.5 Å². The molecule has 0 atom stereocenters. The number of carbonyl (C=O) groups is 1. The number of amides is 1. The molecule has 6 heteroatoms. The Morgan fingerprint density at radius 2 is 2.16 bits per heavy atom. The fraction of sp³-hybridized carbons (Fsp3) is 0.462. The molecule has 1 amide bonds. The van der Waals surface area contributed by atoms with Gasteiger partial charge in [0.25, 0.3) is 5.91 Å². The Hall–Kier alpha value is -1.27. The summed E-state index contributed by atoms with van der Waals surface area (Å²) in [5, 5.41) is 3.32. The summed E-state index contributed by atoms with van der Waals surface area (Å²) in [6, 6.07) is 4.19. The van der Waals surface area contributed by atoms with Gasteiger partial charge in [-0.15, -0.1) is 0 Å². The number of carbonyl (C=O) groups excluding carboxylic acids is 1. The van der Waals surface area contributed by atoms with Gasteiger partial charge in [-0.3, -0.25) is 4.79 Å². The second-order valence-electron chi connectivity index (χ2n) is 4.40. The zero-order chi connectivity index (χ0) is 14.4. The third-order valence-corrected chi connectivity index (χ3v) is 2.95. The molecule has 106 valence electrons. The van der Waals surface area contributed by atoms with Crippen molar-refractivity contribution in [1.29, 1.82) is 0 Å². The molecule has 3 N–H and O–H groups in total. The Kier molecular flexibility index (Phi) is 6.11. The van der Waals surface area contributed by atoms with E-state index in [2.05, 4.69) is 35.1 Å². The summed E-state index contributed by atoms with van der Waals surface area (Å²) in [5.74, 6) is 0.519. The minimum absolute atomic E-state index is 0.182. The summed E-state index contributed by atoms with van der Waals surface area (Å²) in [7, 11) is 1.55. The van der Waals surface area contributed by atoms with Crippen molar-refractivity contribution < 1.29 is 14.3 Å². The van der Waals surface area contributed by atoms with Crippen LogP contribution in [0, 0.1) is 0 Å². The Morgan fingerprint density at radius 3 is 2.68 bits per heavy atom. The monoisotopic (exact) mass is 330 g/mol. The van der Waals surface area contributed by atoms with Gasteiger partial charge in [0.2, 0.25) is 0 Å². The molecule has 0 heterocycles. The van der Waals surface area contributed by atoms with Crippen LogP contribution in [0.25, 0.3) is 0 Å². The molecule has 0 fully saturated rings. The highest BCUT2D eigenvalue weighted by atomic mass is 79.9. The quantitative estimate of drug-likeness (QED) is 0.799. The molecular formula is C13H19BrN2O3. The number of nitrogens with two attached hydrogens (primary N) is 1. The lowest BCUT2D eigenvalue weighted by Crippen LogP contribution is -2.22. The lowest BCUT2D eigenvalue weighted by Gasteiger charge is -2.14. The van der Waals surface area contributed by atoms with Crippen LogP contribution in [-0.4, -0.2) is 25.7 Å². The molecule has 0 saturated heterocycles. The van der Waals surface area contributed by atoms with Gasteiger partial charge in [0.15, 0.2) is 18.1 Å². The molecule has 1 rings (SSSR count). The van der Waals surface area contributed by atoms with Crippen LogP contribution in [0.4, 0.5) is 0 Å². The van der Waals surface area contributed by atoms with Crippen molar-refractivity contribution in [3.63, 3.8) is 0 Å². The molecular weight excluding hydrogens is 312 g/mol. The molecule has 0 spiro atoms. The Balaban J connectivity index is 2.90. The minimum atomic E-state index is -0.528. The van der Waals surface area contributed by atoms with Crippen molar-refractivity contribution in [2.24, 2.45) is 5.73 Å². The normalized spacial score (nSPS) is 10.6. The van der Waals surface area contributed by atoms with Gasteiger partial charge in [0, 0.05) is 12.6 Å². The van der Waals surface area contributed by atoms with E-state index in [0.29, 0.717) is 17.5 Å². The zero-order valence-corrected chi connectivity index (χ0v) is 12.9. The molecule has 0 aliphatic carbocycles. The van der Waals surface area contributed by atoms with Crippen LogP contribution >= 0.6 is 15.9 Å². The Morgan fingerprint density at radius 1 is 1.47 bits per heavy atom.